The van der Waals surface area contributed by atoms with Crippen molar-refractivity contribution in [2.24, 2.45) is 0 Å². The highest BCUT2D eigenvalue weighted by molar-refractivity contribution is 7.20. The second-order valence-electron chi connectivity index (χ2n) is 13.0. The summed E-state index contributed by atoms with van der Waals surface area (Å²) in [6.45, 7) is -0.140. The Morgan fingerprint density at radius 1 is 0.463 bits per heavy atom. The average Bonchev–Trinajstić information content (AvgIpc) is 3.28. The highest BCUT2D eigenvalue weighted by Gasteiger charge is 2.52. The van der Waals surface area contributed by atoms with Gasteiger partial charge in [0.15, 0.2) is 76.0 Å². The Labute approximate surface area is 354 Å². The van der Waals surface area contributed by atoms with Gasteiger partial charge in [0.25, 0.3) is 0 Å². The van der Waals surface area contributed by atoms with Gasteiger partial charge in [0.1, 0.15) is 52.7 Å². The Hall–Kier alpha value is -7.23. The third kappa shape index (κ3) is 8.68. The van der Waals surface area contributed by atoms with Gasteiger partial charge in [-0.05, 0) is 0 Å². The summed E-state index contributed by atoms with van der Waals surface area (Å²) in [7, 11) is 0. The van der Waals surface area contributed by atoms with E-state index in [-0.39, 0.29) is 12.3 Å². The molecule has 0 spiro atoms. The van der Waals surface area contributed by atoms with E-state index < -0.39 is 162 Å². The number of halogens is 23. The number of ketones is 1. The molecule has 0 N–H and O–H groups in total. The second-order valence-corrected chi connectivity index (χ2v) is 13.0. The first kappa shape index (κ1) is 50.8. The van der Waals surface area contributed by atoms with Crippen LogP contribution in [-0.2, 0) is 11.3 Å². The van der Waals surface area contributed by atoms with Crippen LogP contribution in [0.4, 0.5) is 101 Å². The zero-order valence-corrected chi connectivity index (χ0v) is 31.2. The van der Waals surface area contributed by atoms with E-state index in [1.807, 2.05) is 0 Å². The van der Waals surface area contributed by atoms with Gasteiger partial charge in [-0.15, -0.1) is 35.0 Å². The molecule has 0 radical (unpaired) electrons. The molecule has 0 saturated carbocycles. The Balaban J connectivity index is 0.000000319. The largest absolute Gasteiger partial charge is 0.575 e. The van der Waals surface area contributed by atoms with Gasteiger partial charge in [0, 0.05) is 5.56 Å². The number of hydrogen-bond acceptors (Lipinski definition) is 4. The van der Waals surface area contributed by atoms with Crippen molar-refractivity contribution in [3.8, 4) is 0 Å². The standard InChI is InChI=1S/C24BF20.C14H10F3N2O3/c26-5-1(6(27)14(35)21(42)13(5)34)25(2-7(28)15(36)22(43)16(37)8(2)29,3-9(30)17(38)23(44)18(39)10(3)31)4-11(32)19(40)24(45)20(41)12(4)33;15-14(16,17)22-13(21)11-8-19(7-6-18-11)9-12(20)10-4-2-1-3-5-10/h;1-8H,9H2/q-1;+1. The predicted molar refractivity (Wildman–Crippen MR) is 176 cm³/mol. The molecule has 0 aliphatic carbocycles. The van der Waals surface area contributed by atoms with Gasteiger partial charge in [-0.1, -0.05) is 30.3 Å². The summed E-state index contributed by atoms with van der Waals surface area (Å²) in [6, 6.07) is 8.36. The summed E-state index contributed by atoms with van der Waals surface area (Å²) >= 11 is 0. The molecular weight excluding hydrogens is 980 g/mol. The van der Waals surface area contributed by atoms with Gasteiger partial charge in [0.2, 0.25) is 24.2 Å². The van der Waals surface area contributed by atoms with E-state index in [1.54, 1.807) is 30.3 Å². The molecule has 1 aromatic heterocycles. The first-order chi connectivity index (χ1) is 31.1. The lowest BCUT2D eigenvalue weighted by atomic mass is 9.12. The molecule has 67 heavy (non-hydrogen) atoms. The van der Waals surface area contributed by atoms with Crippen LogP contribution >= 0.6 is 0 Å². The summed E-state index contributed by atoms with van der Waals surface area (Å²) in [5.41, 5.74) is -14.4. The van der Waals surface area contributed by atoms with Crippen molar-refractivity contribution < 1.29 is 120 Å². The molecule has 354 valence electrons. The lowest BCUT2D eigenvalue weighted by molar-refractivity contribution is -0.683. The summed E-state index contributed by atoms with van der Waals surface area (Å²) < 4.78 is 334. The fraction of sp³-hybridized carbons (Fsp3) is 0.0526. The third-order valence-corrected chi connectivity index (χ3v) is 9.31. The average molecular weight is 990 g/mol. The van der Waals surface area contributed by atoms with E-state index in [4.69, 9.17) is 0 Å². The molecule has 0 aliphatic heterocycles. The van der Waals surface area contributed by atoms with Gasteiger partial charge in [-0.2, -0.15) is 4.57 Å². The van der Waals surface area contributed by atoms with Crippen LogP contribution in [0.25, 0.3) is 0 Å². The number of carbonyl (C=O) groups excluding carboxylic acids is 2. The number of benzene rings is 5. The zero-order chi connectivity index (χ0) is 50.5. The maximum Gasteiger partial charge on any atom is 0.575 e. The minimum Gasteiger partial charge on any atom is -0.368 e. The first-order valence-corrected chi connectivity index (χ1v) is 17.0. The Kier molecular flexibility index (Phi) is 14.1. The number of hydrogen-bond donors (Lipinski definition) is 0. The van der Waals surface area contributed by atoms with Crippen molar-refractivity contribution in [3.05, 3.63) is 177 Å². The lowest BCUT2D eigenvalue weighted by Gasteiger charge is -2.44. The molecule has 6 rings (SSSR count). The molecule has 29 heteroatoms. The van der Waals surface area contributed by atoms with Gasteiger partial charge in [-0.25, -0.2) is 97.6 Å². The van der Waals surface area contributed by atoms with E-state index >= 15 is 35.1 Å². The minimum atomic E-state index is -7.22. The van der Waals surface area contributed by atoms with Gasteiger partial charge in [0.05, 0.1) is 6.20 Å². The van der Waals surface area contributed by atoms with E-state index in [0.717, 1.165) is 12.4 Å². The topological polar surface area (TPSA) is 60.1 Å². The molecular formula is C38H10BF23N2O3. The van der Waals surface area contributed by atoms with Crippen LogP contribution in [0.3, 0.4) is 0 Å². The number of ether oxygens (including phenoxy) is 1. The lowest BCUT2D eigenvalue weighted by Crippen LogP contribution is -2.81. The molecule has 6 aromatic rings. The maximum atomic E-state index is 15.4. The number of carbonyl (C=O) groups is 2. The highest BCUT2D eigenvalue weighted by atomic mass is 19.4. The molecule has 0 amide bonds. The zero-order valence-electron chi connectivity index (χ0n) is 31.2. The van der Waals surface area contributed by atoms with Crippen LogP contribution in [0.2, 0.25) is 0 Å². The molecule has 0 saturated heterocycles. The van der Waals surface area contributed by atoms with Crippen molar-refractivity contribution >= 4 is 39.7 Å². The van der Waals surface area contributed by atoms with Crippen molar-refractivity contribution in [1.29, 1.82) is 0 Å². The van der Waals surface area contributed by atoms with Crippen molar-refractivity contribution in [2.45, 2.75) is 12.9 Å². The quantitative estimate of drug-likeness (QED) is 0.0298. The normalized spacial score (nSPS) is 11.7. The molecule has 0 atom stereocenters. The van der Waals surface area contributed by atoms with Crippen LogP contribution in [0.5, 0.6) is 0 Å². The number of esters is 1. The van der Waals surface area contributed by atoms with Crippen LogP contribution in [0.15, 0.2) is 48.9 Å². The number of alkyl halides is 3. The third-order valence-electron chi connectivity index (χ3n) is 9.31. The summed E-state index contributed by atoms with van der Waals surface area (Å²) in [4.78, 5) is 26.7. The Morgan fingerprint density at radius 3 is 1.03 bits per heavy atom. The molecule has 0 fully saturated rings. The van der Waals surface area contributed by atoms with E-state index in [2.05, 4.69) is 9.72 Å². The first-order valence-electron chi connectivity index (χ1n) is 17.0. The summed E-state index contributed by atoms with van der Waals surface area (Å²) in [5, 5.41) is 0. The molecule has 1 heterocycles. The van der Waals surface area contributed by atoms with Crippen molar-refractivity contribution in [1.82, 2.24) is 4.98 Å². The number of Topliss-reactive ketones (excluding diaryl/α,β-unsaturated/α-hetero) is 1. The number of aromatic nitrogens is 2. The van der Waals surface area contributed by atoms with Gasteiger partial charge >= 0.3 is 12.3 Å². The van der Waals surface area contributed by atoms with E-state index in [0.29, 0.717) is 5.56 Å². The second kappa shape index (κ2) is 18.6. The molecule has 5 aromatic carbocycles. The Bertz CT molecular complexity index is 2620. The monoisotopic (exact) mass is 990 g/mol. The van der Waals surface area contributed by atoms with Crippen LogP contribution in [-0.4, -0.2) is 29.2 Å². The predicted octanol–water partition coefficient (Wildman–Crippen LogP) is 7.77. The van der Waals surface area contributed by atoms with E-state index in [9.17, 15) is 75.4 Å². The van der Waals surface area contributed by atoms with Crippen molar-refractivity contribution in [3.63, 3.8) is 0 Å². The van der Waals surface area contributed by atoms with Crippen LogP contribution in [0.1, 0.15) is 20.8 Å². The van der Waals surface area contributed by atoms with Gasteiger partial charge < -0.3 is 4.74 Å². The fourth-order valence-corrected chi connectivity index (χ4v) is 6.55. The Morgan fingerprint density at radius 2 is 0.746 bits per heavy atom. The van der Waals surface area contributed by atoms with Crippen LogP contribution in [0, 0.1) is 116 Å². The molecule has 0 bridgehead atoms. The van der Waals surface area contributed by atoms with Crippen LogP contribution < -0.4 is 26.4 Å². The van der Waals surface area contributed by atoms with E-state index in [1.165, 1.54) is 10.8 Å². The number of nitrogens with zero attached hydrogens (tertiary/aromatic N) is 2. The fourth-order valence-electron chi connectivity index (χ4n) is 6.55. The highest BCUT2D eigenvalue weighted by Crippen LogP contribution is 2.31. The summed E-state index contributed by atoms with van der Waals surface area (Å²) in [5.74, 6) is -73.3. The number of rotatable bonds is 8. The maximum absolute atomic E-state index is 15.4. The SMILES string of the molecule is Fc1c(F)c(F)c([B-](c2c(F)c(F)c(F)c(F)c2F)(c2c(F)c(F)c(F)c(F)c2F)c2c(F)c(F)c(F)c(F)c2F)c(F)c1F.O=C(C[n+]1ccnc(C(=O)OC(F)(F)F)c1)c1ccccc1. The van der Waals surface area contributed by atoms with Crippen molar-refractivity contribution in [2.75, 3.05) is 0 Å². The molecule has 0 aliphatic rings. The summed E-state index contributed by atoms with van der Waals surface area (Å²) in [6.07, 6.45) is -8.80. The molecule has 0 unspecified atom stereocenters. The van der Waals surface area contributed by atoms with Gasteiger partial charge in [-0.3, -0.25) is 4.79 Å². The minimum absolute atomic E-state index is 0.140. The molecule has 5 nitrogen and oxygen atoms in total. The smallest absolute Gasteiger partial charge is 0.368 e.